The second-order valence-electron chi connectivity index (χ2n) is 4.59. The Morgan fingerprint density at radius 2 is 1.89 bits per heavy atom. The molecule has 0 bridgehead atoms. The maximum absolute atomic E-state index is 11.2. The molecule has 0 unspecified atom stereocenters. The Balaban J connectivity index is 2.70. The first kappa shape index (κ1) is 15.1. The Morgan fingerprint density at radius 1 is 1.26 bits per heavy atom. The zero-order chi connectivity index (χ0) is 14.3. The number of non-ortho nitro benzene ring substituents is 1. The number of hydrogen-bond acceptors (Lipinski definition) is 3. The van der Waals surface area contributed by atoms with Gasteiger partial charge in [0.2, 0.25) is 0 Å². The van der Waals surface area contributed by atoms with Gasteiger partial charge in [-0.3, -0.25) is 14.9 Å². The summed E-state index contributed by atoms with van der Waals surface area (Å²) in [5.74, 6) is -1.44. The molecular formula is C14H19NO4. The van der Waals surface area contributed by atoms with Gasteiger partial charge in [-0.25, -0.2) is 0 Å². The van der Waals surface area contributed by atoms with Crippen LogP contribution in [0.1, 0.15) is 50.5 Å². The van der Waals surface area contributed by atoms with E-state index < -0.39 is 16.8 Å². The average Bonchev–Trinajstić information content (AvgIpc) is 2.38. The Kier molecular flexibility index (Phi) is 5.99. The number of benzene rings is 1. The molecule has 0 aliphatic rings. The van der Waals surface area contributed by atoms with Gasteiger partial charge < -0.3 is 5.11 Å². The van der Waals surface area contributed by atoms with Gasteiger partial charge in [-0.15, -0.1) is 0 Å². The lowest BCUT2D eigenvalue weighted by atomic mass is 9.93. The van der Waals surface area contributed by atoms with Crippen LogP contribution < -0.4 is 0 Å². The number of nitro benzene ring substituents is 1. The second-order valence-corrected chi connectivity index (χ2v) is 4.59. The highest BCUT2D eigenvalue weighted by molar-refractivity contribution is 5.76. The zero-order valence-corrected chi connectivity index (χ0v) is 11.0. The predicted octanol–water partition coefficient (Wildman–Crippen LogP) is 3.73. The van der Waals surface area contributed by atoms with Crippen molar-refractivity contribution in [2.75, 3.05) is 0 Å². The van der Waals surface area contributed by atoms with Gasteiger partial charge in [-0.05, 0) is 12.0 Å². The minimum absolute atomic E-state index is 0.0149. The standard InChI is InChI=1S/C14H19NO4/c1-2-3-4-5-6-13(14(16)17)11-7-9-12(10-8-11)15(18)19/h7-10,13H,2-6H2,1H3,(H,16,17)/t13-/m0/s1. The van der Waals surface area contributed by atoms with Crippen LogP contribution >= 0.6 is 0 Å². The zero-order valence-electron chi connectivity index (χ0n) is 11.0. The minimum atomic E-state index is -0.870. The molecule has 0 aliphatic carbocycles. The number of rotatable bonds is 8. The first-order valence-corrected chi connectivity index (χ1v) is 6.53. The lowest BCUT2D eigenvalue weighted by molar-refractivity contribution is -0.384. The SMILES string of the molecule is CCCCCC[C@H](C(=O)O)c1ccc([N+](=O)[O-])cc1. The van der Waals surface area contributed by atoms with Crippen LogP contribution in [0.15, 0.2) is 24.3 Å². The summed E-state index contributed by atoms with van der Waals surface area (Å²) in [5, 5.41) is 19.8. The summed E-state index contributed by atoms with van der Waals surface area (Å²) in [5.41, 5.74) is 0.619. The van der Waals surface area contributed by atoms with Gasteiger partial charge >= 0.3 is 5.97 Å². The lowest BCUT2D eigenvalue weighted by Crippen LogP contribution is -2.11. The van der Waals surface area contributed by atoms with Crippen LogP contribution in [-0.4, -0.2) is 16.0 Å². The van der Waals surface area contributed by atoms with Crippen LogP contribution in [0.5, 0.6) is 0 Å². The molecule has 0 radical (unpaired) electrons. The first-order chi connectivity index (χ1) is 9.06. The van der Waals surface area contributed by atoms with Crippen LogP contribution in [0.2, 0.25) is 0 Å². The van der Waals surface area contributed by atoms with E-state index in [1.54, 1.807) is 0 Å². The monoisotopic (exact) mass is 265 g/mol. The number of aliphatic carboxylic acids is 1. The highest BCUT2D eigenvalue weighted by atomic mass is 16.6. The smallest absolute Gasteiger partial charge is 0.310 e. The molecule has 1 aromatic carbocycles. The third-order valence-electron chi connectivity index (χ3n) is 3.15. The summed E-state index contributed by atoms with van der Waals surface area (Å²) < 4.78 is 0. The molecule has 0 heterocycles. The number of unbranched alkanes of at least 4 members (excludes halogenated alkanes) is 3. The van der Waals surface area contributed by atoms with Crippen LogP contribution in [-0.2, 0) is 4.79 Å². The molecule has 5 heteroatoms. The topological polar surface area (TPSA) is 80.4 Å². The van der Waals surface area contributed by atoms with Crippen LogP contribution in [0.25, 0.3) is 0 Å². The fourth-order valence-electron chi connectivity index (χ4n) is 2.04. The van der Waals surface area contributed by atoms with Crippen molar-refractivity contribution >= 4 is 11.7 Å². The van der Waals surface area contributed by atoms with E-state index in [1.807, 2.05) is 0 Å². The van der Waals surface area contributed by atoms with Gasteiger partial charge in [-0.2, -0.15) is 0 Å². The van der Waals surface area contributed by atoms with Crippen LogP contribution in [0.3, 0.4) is 0 Å². The summed E-state index contributed by atoms with van der Waals surface area (Å²) in [6, 6.07) is 5.79. The maximum Gasteiger partial charge on any atom is 0.310 e. The molecule has 19 heavy (non-hydrogen) atoms. The van der Waals surface area contributed by atoms with Gasteiger partial charge in [0.25, 0.3) is 5.69 Å². The number of nitro groups is 1. The van der Waals surface area contributed by atoms with Crippen molar-refractivity contribution in [3.05, 3.63) is 39.9 Å². The third-order valence-corrected chi connectivity index (χ3v) is 3.15. The van der Waals surface area contributed by atoms with Gasteiger partial charge in [0.15, 0.2) is 0 Å². The Bertz CT molecular complexity index is 428. The quantitative estimate of drug-likeness (QED) is 0.441. The summed E-state index contributed by atoms with van der Waals surface area (Å²) in [7, 11) is 0. The Morgan fingerprint density at radius 3 is 2.37 bits per heavy atom. The highest BCUT2D eigenvalue weighted by Gasteiger charge is 2.20. The molecule has 1 atom stereocenters. The molecule has 0 aromatic heterocycles. The van der Waals surface area contributed by atoms with Crippen LogP contribution in [0.4, 0.5) is 5.69 Å². The molecule has 0 spiro atoms. The molecule has 104 valence electrons. The van der Waals surface area contributed by atoms with Crippen molar-refractivity contribution in [2.24, 2.45) is 0 Å². The normalized spacial score (nSPS) is 12.1. The van der Waals surface area contributed by atoms with E-state index in [9.17, 15) is 20.0 Å². The molecule has 5 nitrogen and oxygen atoms in total. The number of carbonyl (C=O) groups is 1. The van der Waals surface area contributed by atoms with Crippen molar-refractivity contribution in [1.29, 1.82) is 0 Å². The molecule has 0 saturated heterocycles. The van der Waals surface area contributed by atoms with Crippen molar-refractivity contribution in [3.63, 3.8) is 0 Å². The molecule has 0 amide bonds. The Hall–Kier alpha value is -1.91. The van der Waals surface area contributed by atoms with Gasteiger partial charge in [0, 0.05) is 12.1 Å². The lowest BCUT2D eigenvalue weighted by Gasteiger charge is -2.12. The number of hydrogen-bond donors (Lipinski definition) is 1. The Labute approximate surface area is 112 Å². The second kappa shape index (κ2) is 7.51. The van der Waals surface area contributed by atoms with E-state index in [0.29, 0.717) is 12.0 Å². The molecule has 0 saturated carbocycles. The summed E-state index contributed by atoms with van der Waals surface area (Å²) >= 11 is 0. The van der Waals surface area contributed by atoms with E-state index in [4.69, 9.17) is 0 Å². The van der Waals surface area contributed by atoms with E-state index in [1.165, 1.54) is 24.3 Å². The number of nitrogens with zero attached hydrogens (tertiary/aromatic N) is 1. The number of carboxylic acids is 1. The van der Waals surface area contributed by atoms with Crippen molar-refractivity contribution < 1.29 is 14.8 Å². The highest BCUT2D eigenvalue weighted by Crippen LogP contribution is 2.25. The van der Waals surface area contributed by atoms with E-state index in [0.717, 1.165) is 25.7 Å². The van der Waals surface area contributed by atoms with Gasteiger partial charge in [-0.1, -0.05) is 44.7 Å². The molecule has 1 aromatic rings. The summed E-state index contributed by atoms with van der Waals surface area (Å²) in [6.07, 6.45) is 4.67. The molecule has 0 aliphatic heterocycles. The predicted molar refractivity (Wildman–Crippen MR) is 72.2 cm³/mol. The first-order valence-electron chi connectivity index (χ1n) is 6.53. The van der Waals surface area contributed by atoms with Gasteiger partial charge in [0.05, 0.1) is 10.8 Å². The summed E-state index contributed by atoms with van der Waals surface area (Å²) in [4.78, 5) is 21.3. The van der Waals surface area contributed by atoms with E-state index in [-0.39, 0.29) is 5.69 Å². The average molecular weight is 265 g/mol. The van der Waals surface area contributed by atoms with Gasteiger partial charge in [0.1, 0.15) is 0 Å². The van der Waals surface area contributed by atoms with Crippen molar-refractivity contribution in [3.8, 4) is 0 Å². The fraction of sp³-hybridized carbons (Fsp3) is 0.500. The largest absolute Gasteiger partial charge is 0.481 e. The van der Waals surface area contributed by atoms with E-state index in [2.05, 4.69) is 6.92 Å². The third kappa shape index (κ3) is 4.69. The van der Waals surface area contributed by atoms with Crippen LogP contribution in [0, 0.1) is 10.1 Å². The van der Waals surface area contributed by atoms with Crippen molar-refractivity contribution in [1.82, 2.24) is 0 Å². The molecule has 1 N–H and O–H groups in total. The molecular weight excluding hydrogens is 246 g/mol. The number of carboxylic acid groups (broad SMARTS) is 1. The minimum Gasteiger partial charge on any atom is -0.481 e. The van der Waals surface area contributed by atoms with Crippen molar-refractivity contribution in [2.45, 2.75) is 44.9 Å². The summed E-state index contributed by atoms with van der Waals surface area (Å²) in [6.45, 7) is 2.10. The maximum atomic E-state index is 11.2. The fourth-order valence-corrected chi connectivity index (χ4v) is 2.04. The molecule has 1 rings (SSSR count). The molecule has 0 fully saturated rings. The van der Waals surface area contributed by atoms with E-state index >= 15 is 0 Å².